The monoisotopic (exact) mass is 341 g/mol. The van der Waals surface area contributed by atoms with E-state index in [0.29, 0.717) is 13.1 Å². The lowest BCUT2D eigenvalue weighted by atomic mass is 9.93. The van der Waals surface area contributed by atoms with Crippen LogP contribution in [0.1, 0.15) is 54.4 Å². The van der Waals surface area contributed by atoms with Gasteiger partial charge in [-0.2, -0.15) is 0 Å². The second kappa shape index (κ2) is 7.51. The number of furan rings is 1. The van der Waals surface area contributed by atoms with Crippen LogP contribution in [0.15, 0.2) is 41.1 Å². The van der Waals surface area contributed by atoms with Crippen molar-refractivity contribution in [3.63, 3.8) is 0 Å². The summed E-state index contributed by atoms with van der Waals surface area (Å²) >= 11 is 0. The zero-order valence-corrected chi connectivity index (χ0v) is 14.6. The molecule has 0 spiro atoms. The zero-order chi connectivity index (χ0) is 17.8. The van der Waals surface area contributed by atoms with Crippen LogP contribution in [0.2, 0.25) is 0 Å². The fourth-order valence-corrected chi connectivity index (χ4v) is 3.24. The average Bonchev–Trinajstić information content (AvgIpc) is 3.14. The fraction of sp³-hybridized carbons (Fsp3) is 0.421. The van der Waals surface area contributed by atoms with Crippen LogP contribution >= 0.6 is 0 Å². The van der Waals surface area contributed by atoms with E-state index in [9.17, 15) is 9.59 Å². The molecule has 1 aliphatic rings. The number of hydrogen-bond acceptors (Lipinski definition) is 4. The van der Waals surface area contributed by atoms with Gasteiger partial charge in [0.05, 0.1) is 17.9 Å². The van der Waals surface area contributed by atoms with Crippen molar-refractivity contribution < 1.29 is 14.0 Å². The molecule has 0 saturated heterocycles. The second-order valence-electron chi connectivity index (χ2n) is 6.46. The molecule has 2 unspecified atom stereocenters. The molecular formula is C19H23N3O3. The molecular weight excluding hydrogens is 318 g/mol. The molecule has 2 aromatic heterocycles. The highest BCUT2D eigenvalue weighted by Crippen LogP contribution is 2.28. The van der Waals surface area contributed by atoms with Gasteiger partial charge in [-0.1, -0.05) is 19.4 Å². The number of carbonyl (C=O) groups is 2. The number of fused-ring (bicyclic) bond motifs is 1. The van der Waals surface area contributed by atoms with E-state index in [4.69, 9.17) is 4.42 Å². The van der Waals surface area contributed by atoms with Crippen molar-refractivity contribution in [1.82, 2.24) is 15.2 Å². The molecule has 6 nitrogen and oxygen atoms in total. The van der Waals surface area contributed by atoms with E-state index < -0.39 is 5.92 Å². The van der Waals surface area contributed by atoms with Gasteiger partial charge in [0.25, 0.3) is 5.91 Å². The highest BCUT2D eigenvalue weighted by molar-refractivity contribution is 5.93. The van der Waals surface area contributed by atoms with Gasteiger partial charge in [-0.3, -0.25) is 14.6 Å². The summed E-state index contributed by atoms with van der Waals surface area (Å²) in [6.45, 7) is 4.81. The van der Waals surface area contributed by atoms with Crippen molar-refractivity contribution in [2.45, 2.75) is 45.2 Å². The minimum Gasteiger partial charge on any atom is -0.459 e. The van der Waals surface area contributed by atoms with E-state index >= 15 is 0 Å². The van der Waals surface area contributed by atoms with Gasteiger partial charge in [0.2, 0.25) is 5.91 Å². The normalized spacial score (nSPS) is 17.7. The number of amides is 2. The lowest BCUT2D eigenvalue weighted by molar-refractivity contribution is -0.123. The molecule has 25 heavy (non-hydrogen) atoms. The number of hydrogen-bond donors (Lipinski definition) is 1. The Hall–Kier alpha value is -2.63. The molecule has 6 heteroatoms. The highest BCUT2D eigenvalue weighted by Gasteiger charge is 2.35. The summed E-state index contributed by atoms with van der Waals surface area (Å²) in [5.41, 5.74) is 1.66. The Morgan fingerprint density at radius 2 is 2.24 bits per heavy atom. The lowest BCUT2D eigenvalue weighted by Crippen LogP contribution is -2.45. The average molecular weight is 341 g/mol. The van der Waals surface area contributed by atoms with E-state index in [1.165, 1.54) is 6.26 Å². The number of aromatic nitrogens is 1. The number of nitrogens with one attached hydrogen (secondary N) is 1. The standard InChI is InChI=1S/C19H23N3O3/c1-3-6-13(2)21-18(23)15-12-22(19(24)16-8-5-10-25-16)11-14-7-4-9-20-17(14)15/h4-5,7-10,13,15H,3,6,11-12H2,1-2H3,(H,21,23). The van der Waals surface area contributed by atoms with E-state index in [1.807, 2.05) is 19.1 Å². The SMILES string of the molecule is CCCC(C)NC(=O)C1CN(C(=O)c2ccco2)Cc2cccnc21. The first-order chi connectivity index (χ1) is 12.1. The summed E-state index contributed by atoms with van der Waals surface area (Å²) in [5, 5.41) is 3.05. The van der Waals surface area contributed by atoms with Crippen LogP contribution in [0.5, 0.6) is 0 Å². The summed E-state index contributed by atoms with van der Waals surface area (Å²) in [6.07, 6.45) is 5.09. The van der Waals surface area contributed by atoms with Crippen molar-refractivity contribution in [2.75, 3.05) is 6.54 Å². The molecule has 132 valence electrons. The molecule has 0 fully saturated rings. The summed E-state index contributed by atoms with van der Waals surface area (Å²) in [4.78, 5) is 31.5. The van der Waals surface area contributed by atoms with Crippen LogP contribution in [-0.2, 0) is 11.3 Å². The molecule has 3 rings (SSSR count). The Morgan fingerprint density at radius 1 is 1.40 bits per heavy atom. The minimum absolute atomic E-state index is 0.0853. The third kappa shape index (κ3) is 3.73. The molecule has 2 atom stereocenters. The lowest BCUT2D eigenvalue weighted by Gasteiger charge is -2.33. The number of carbonyl (C=O) groups excluding carboxylic acids is 2. The first-order valence-electron chi connectivity index (χ1n) is 8.67. The Balaban J connectivity index is 1.83. The van der Waals surface area contributed by atoms with Gasteiger partial charge in [-0.05, 0) is 37.1 Å². The van der Waals surface area contributed by atoms with Crippen molar-refractivity contribution in [3.05, 3.63) is 53.7 Å². The van der Waals surface area contributed by atoms with Crippen LogP contribution in [0, 0.1) is 0 Å². The summed E-state index contributed by atoms with van der Waals surface area (Å²) in [6, 6.07) is 7.16. The maximum absolute atomic E-state index is 12.8. The summed E-state index contributed by atoms with van der Waals surface area (Å²) < 4.78 is 5.22. The van der Waals surface area contributed by atoms with Crippen LogP contribution in [0.4, 0.5) is 0 Å². The largest absolute Gasteiger partial charge is 0.459 e. The topological polar surface area (TPSA) is 75.4 Å². The van der Waals surface area contributed by atoms with Gasteiger partial charge in [-0.15, -0.1) is 0 Å². The van der Waals surface area contributed by atoms with Crippen molar-refractivity contribution in [3.8, 4) is 0 Å². The molecule has 0 bridgehead atoms. The third-order valence-corrected chi connectivity index (χ3v) is 4.47. The molecule has 1 N–H and O–H groups in total. The van der Waals surface area contributed by atoms with Gasteiger partial charge in [0.15, 0.2) is 5.76 Å². The predicted octanol–water partition coefficient (Wildman–Crippen LogP) is 2.72. The van der Waals surface area contributed by atoms with E-state index in [1.54, 1.807) is 23.2 Å². The molecule has 3 heterocycles. The predicted molar refractivity (Wildman–Crippen MR) is 92.9 cm³/mol. The first kappa shape index (κ1) is 17.2. The molecule has 0 aromatic carbocycles. The molecule has 2 amide bonds. The van der Waals surface area contributed by atoms with Gasteiger partial charge >= 0.3 is 0 Å². The maximum Gasteiger partial charge on any atom is 0.289 e. The molecule has 1 aliphatic heterocycles. The van der Waals surface area contributed by atoms with Crippen LogP contribution in [0.25, 0.3) is 0 Å². The van der Waals surface area contributed by atoms with Gasteiger partial charge in [0.1, 0.15) is 0 Å². The molecule has 0 radical (unpaired) electrons. The molecule has 0 saturated carbocycles. The molecule has 0 aliphatic carbocycles. The second-order valence-corrected chi connectivity index (χ2v) is 6.46. The number of nitrogens with zero attached hydrogens (tertiary/aromatic N) is 2. The number of rotatable bonds is 5. The summed E-state index contributed by atoms with van der Waals surface area (Å²) in [7, 11) is 0. The van der Waals surface area contributed by atoms with Crippen molar-refractivity contribution in [1.29, 1.82) is 0 Å². The van der Waals surface area contributed by atoms with Gasteiger partial charge < -0.3 is 14.6 Å². The minimum atomic E-state index is -0.469. The number of pyridine rings is 1. The van der Waals surface area contributed by atoms with Crippen LogP contribution < -0.4 is 5.32 Å². The zero-order valence-electron chi connectivity index (χ0n) is 14.6. The van der Waals surface area contributed by atoms with Crippen molar-refractivity contribution >= 4 is 11.8 Å². The Bertz CT molecular complexity index is 742. The Morgan fingerprint density at radius 3 is 2.96 bits per heavy atom. The molecule has 2 aromatic rings. The Labute approximate surface area is 147 Å². The van der Waals surface area contributed by atoms with E-state index in [0.717, 1.165) is 24.1 Å². The van der Waals surface area contributed by atoms with Crippen LogP contribution in [0.3, 0.4) is 0 Å². The van der Waals surface area contributed by atoms with E-state index in [2.05, 4.69) is 17.2 Å². The summed E-state index contributed by atoms with van der Waals surface area (Å²) in [5.74, 6) is -0.481. The Kier molecular flexibility index (Phi) is 5.16. The first-order valence-corrected chi connectivity index (χ1v) is 8.67. The van der Waals surface area contributed by atoms with Gasteiger partial charge in [0, 0.05) is 25.3 Å². The maximum atomic E-state index is 12.8. The third-order valence-electron chi connectivity index (χ3n) is 4.47. The smallest absolute Gasteiger partial charge is 0.289 e. The van der Waals surface area contributed by atoms with Gasteiger partial charge in [-0.25, -0.2) is 0 Å². The highest BCUT2D eigenvalue weighted by atomic mass is 16.3. The van der Waals surface area contributed by atoms with Crippen molar-refractivity contribution in [2.24, 2.45) is 0 Å². The van der Waals surface area contributed by atoms with E-state index in [-0.39, 0.29) is 23.6 Å². The quantitative estimate of drug-likeness (QED) is 0.907. The van der Waals surface area contributed by atoms with Crippen LogP contribution in [-0.4, -0.2) is 34.3 Å². The fourth-order valence-electron chi connectivity index (χ4n) is 3.24.